The zero-order valence-electron chi connectivity index (χ0n) is 10.8. The molecule has 0 aliphatic rings. The third-order valence-corrected chi connectivity index (χ3v) is 2.73. The highest BCUT2D eigenvalue weighted by atomic mass is 16.5. The van der Waals surface area contributed by atoms with Crippen LogP contribution in [0.25, 0.3) is 0 Å². The highest BCUT2D eigenvalue weighted by Gasteiger charge is 2.10. The van der Waals surface area contributed by atoms with Crippen LogP contribution < -0.4 is 4.74 Å². The minimum Gasteiger partial charge on any atom is -0.508 e. The van der Waals surface area contributed by atoms with Gasteiger partial charge in [-0.05, 0) is 19.3 Å². The Hall–Kier alpha value is -1.38. The maximum Gasteiger partial charge on any atom is 0.127 e. The van der Waals surface area contributed by atoms with Crippen molar-refractivity contribution >= 4 is 0 Å². The predicted molar refractivity (Wildman–Crippen MR) is 68.6 cm³/mol. The molecule has 3 heteroatoms. The molecule has 17 heavy (non-hydrogen) atoms. The summed E-state index contributed by atoms with van der Waals surface area (Å²) in [4.78, 5) is 0. The summed E-state index contributed by atoms with van der Waals surface area (Å²) in [6, 6.07) is 4.32. The summed E-state index contributed by atoms with van der Waals surface area (Å²) in [5, 5.41) is 18.7. The molecule has 0 radical (unpaired) electrons. The standard InChI is InChI=1S/C14H22O3/c1-4-5-10(2)6-11(3)17-14-8-12(15)7-13(16)9-14/h7-11,15-16H,4-6H2,1-3H3. The molecule has 0 bridgehead atoms. The van der Waals surface area contributed by atoms with Crippen molar-refractivity contribution in [3.05, 3.63) is 18.2 Å². The van der Waals surface area contributed by atoms with E-state index in [0.717, 1.165) is 6.42 Å². The van der Waals surface area contributed by atoms with Crippen LogP contribution in [0.2, 0.25) is 0 Å². The molecular formula is C14H22O3. The van der Waals surface area contributed by atoms with Gasteiger partial charge < -0.3 is 14.9 Å². The highest BCUT2D eigenvalue weighted by molar-refractivity contribution is 5.40. The molecule has 2 N–H and O–H groups in total. The number of ether oxygens (including phenoxy) is 1. The normalized spacial score (nSPS) is 14.3. The molecule has 0 amide bonds. The predicted octanol–water partition coefficient (Wildman–Crippen LogP) is 3.69. The van der Waals surface area contributed by atoms with E-state index in [0.29, 0.717) is 11.7 Å². The second-order valence-electron chi connectivity index (χ2n) is 4.74. The third kappa shape index (κ3) is 4.98. The van der Waals surface area contributed by atoms with Crippen molar-refractivity contribution in [3.8, 4) is 17.2 Å². The van der Waals surface area contributed by atoms with E-state index in [1.54, 1.807) is 0 Å². The van der Waals surface area contributed by atoms with E-state index in [4.69, 9.17) is 4.74 Å². The zero-order chi connectivity index (χ0) is 12.8. The SMILES string of the molecule is CCCC(C)CC(C)Oc1cc(O)cc(O)c1. The smallest absolute Gasteiger partial charge is 0.127 e. The maximum absolute atomic E-state index is 9.33. The molecular weight excluding hydrogens is 216 g/mol. The summed E-state index contributed by atoms with van der Waals surface area (Å²) in [5.74, 6) is 1.18. The molecule has 1 aromatic carbocycles. The zero-order valence-corrected chi connectivity index (χ0v) is 10.8. The van der Waals surface area contributed by atoms with Gasteiger partial charge in [0.25, 0.3) is 0 Å². The molecule has 1 rings (SSSR count). The van der Waals surface area contributed by atoms with Gasteiger partial charge in [0.05, 0.1) is 6.10 Å². The second-order valence-corrected chi connectivity index (χ2v) is 4.74. The van der Waals surface area contributed by atoms with Crippen LogP contribution in [0.1, 0.15) is 40.0 Å². The van der Waals surface area contributed by atoms with E-state index in [2.05, 4.69) is 13.8 Å². The molecule has 0 saturated carbocycles. The van der Waals surface area contributed by atoms with E-state index >= 15 is 0 Å². The molecule has 0 aliphatic heterocycles. The van der Waals surface area contributed by atoms with Gasteiger partial charge in [-0.2, -0.15) is 0 Å². The van der Waals surface area contributed by atoms with E-state index in [9.17, 15) is 10.2 Å². The number of phenolic OH excluding ortho intramolecular Hbond substituents is 2. The summed E-state index contributed by atoms with van der Waals surface area (Å²) >= 11 is 0. The third-order valence-electron chi connectivity index (χ3n) is 2.73. The molecule has 0 aromatic heterocycles. The molecule has 0 saturated heterocycles. The number of aromatic hydroxyl groups is 2. The number of hydrogen-bond donors (Lipinski definition) is 2. The lowest BCUT2D eigenvalue weighted by Crippen LogP contribution is -2.15. The number of rotatable bonds is 6. The van der Waals surface area contributed by atoms with Gasteiger partial charge in [0.1, 0.15) is 17.2 Å². The topological polar surface area (TPSA) is 49.7 Å². The van der Waals surface area contributed by atoms with Crippen LogP contribution in [0.3, 0.4) is 0 Å². The average Bonchev–Trinajstić information content (AvgIpc) is 2.14. The first-order valence-electron chi connectivity index (χ1n) is 6.21. The Kier molecular flexibility index (Phi) is 5.13. The van der Waals surface area contributed by atoms with Crippen LogP contribution in [-0.4, -0.2) is 16.3 Å². The van der Waals surface area contributed by atoms with Crippen molar-refractivity contribution in [3.63, 3.8) is 0 Å². The highest BCUT2D eigenvalue weighted by Crippen LogP contribution is 2.27. The fourth-order valence-corrected chi connectivity index (χ4v) is 2.09. The molecule has 0 spiro atoms. The molecule has 2 unspecified atom stereocenters. The summed E-state index contributed by atoms with van der Waals surface area (Å²) < 4.78 is 5.67. The van der Waals surface area contributed by atoms with Gasteiger partial charge in [0, 0.05) is 18.2 Å². The molecule has 3 nitrogen and oxygen atoms in total. The van der Waals surface area contributed by atoms with Crippen LogP contribution in [0, 0.1) is 5.92 Å². The Morgan fingerprint density at radius 3 is 2.24 bits per heavy atom. The molecule has 0 fully saturated rings. The lowest BCUT2D eigenvalue weighted by molar-refractivity contribution is 0.185. The first-order valence-corrected chi connectivity index (χ1v) is 6.21. The summed E-state index contributed by atoms with van der Waals surface area (Å²) in [6.45, 7) is 6.39. The molecule has 2 atom stereocenters. The van der Waals surface area contributed by atoms with Crippen LogP contribution in [0.5, 0.6) is 17.2 Å². The van der Waals surface area contributed by atoms with Crippen molar-refractivity contribution in [2.24, 2.45) is 5.92 Å². The van der Waals surface area contributed by atoms with Crippen LogP contribution in [-0.2, 0) is 0 Å². The van der Waals surface area contributed by atoms with E-state index < -0.39 is 0 Å². The molecule has 1 aromatic rings. The Morgan fingerprint density at radius 1 is 1.12 bits per heavy atom. The molecule has 0 heterocycles. The lowest BCUT2D eigenvalue weighted by atomic mass is 9.99. The minimum atomic E-state index is 0.0220. The summed E-state index contributed by atoms with van der Waals surface area (Å²) in [5.41, 5.74) is 0. The average molecular weight is 238 g/mol. The van der Waals surface area contributed by atoms with Crippen LogP contribution in [0.15, 0.2) is 18.2 Å². The Balaban J connectivity index is 2.52. The number of hydrogen-bond acceptors (Lipinski definition) is 3. The van der Waals surface area contributed by atoms with Crippen molar-refractivity contribution in [1.29, 1.82) is 0 Å². The van der Waals surface area contributed by atoms with Crippen LogP contribution >= 0.6 is 0 Å². The van der Waals surface area contributed by atoms with Gasteiger partial charge in [-0.3, -0.25) is 0 Å². The quantitative estimate of drug-likeness (QED) is 0.794. The van der Waals surface area contributed by atoms with E-state index in [1.165, 1.54) is 31.0 Å². The Labute approximate surface area is 103 Å². The van der Waals surface area contributed by atoms with Crippen molar-refractivity contribution in [1.82, 2.24) is 0 Å². The van der Waals surface area contributed by atoms with Crippen molar-refractivity contribution in [2.45, 2.75) is 46.1 Å². The van der Waals surface area contributed by atoms with Crippen molar-refractivity contribution in [2.75, 3.05) is 0 Å². The van der Waals surface area contributed by atoms with Gasteiger partial charge in [-0.15, -0.1) is 0 Å². The number of benzene rings is 1. The van der Waals surface area contributed by atoms with Gasteiger partial charge >= 0.3 is 0 Å². The molecule has 0 aliphatic carbocycles. The largest absolute Gasteiger partial charge is 0.508 e. The maximum atomic E-state index is 9.33. The van der Waals surface area contributed by atoms with Crippen LogP contribution in [0.4, 0.5) is 0 Å². The van der Waals surface area contributed by atoms with Gasteiger partial charge in [0.2, 0.25) is 0 Å². The monoisotopic (exact) mass is 238 g/mol. The summed E-state index contributed by atoms with van der Waals surface area (Å²) in [7, 11) is 0. The fourth-order valence-electron chi connectivity index (χ4n) is 2.09. The van der Waals surface area contributed by atoms with Gasteiger partial charge in [0.15, 0.2) is 0 Å². The fraction of sp³-hybridized carbons (Fsp3) is 0.571. The van der Waals surface area contributed by atoms with E-state index in [-0.39, 0.29) is 17.6 Å². The first kappa shape index (κ1) is 13.7. The number of phenols is 2. The summed E-state index contributed by atoms with van der Waals surface area (Å²) in [6.07, 6.45) is 3.43. The first-order chi connectivity index (χ1) is 8.01. The minimum absolute atomic E-state index is 0.0220. The van der Waals surface area contributed by atoms with Gasteiger partial charge in [-0.1, -0.05) is 26.7 Å². The lowest BCUT2D eigenvalue weighted by Gasteiger charge is -2.18. The molecule has 96 valence electrons. The van der Waals surface area contributed by atoms with Gasteiger partial charge in [-0.25, -0.2) is 0 Å². The second kappa shape index (κ2) is 6.38. The van der Waals surface area contributed by atoms with E-state index in [1.807, 2.05) is 6.92 Å². The van der Waals surface area contributed by atoms with Crippen molar-refractivity contribution < 1.29 is 14.9 Å². The Morgan fingerprint density at radius 2 is 1.71 bits per heavy atom. The Bertz CT molecular complexity index is 329.